The molecule has 0 saturated heterocycles. The molecule has 4 fully saturated rings. The third-order valence-electron chi connectivity index (χ3n) is 12.7. The topological polar surface area (TPSA) is 98.8 Å². The monoisotopic (exact) mass is 629 g/mol. The first-order valence-electron chi connectivity index (χ1n) is 18.1. The summed E-state index contributed by atoms with van der Waals surface area (Å²) in [5.74, 6) is 2.35. The Morgan fingerprint density at radius 1 is 0.867 bits per heavy atom. The van der Waals surface area contributed by atoms with Crippen LogP contribution in [0.15, 0.2) is 0 Å². The number of hydrogen-bond donors (Lipinski definition) is 1. The maximum absolute atomic E-state index is 13.6. The molecule has 0 aromatic rings. The molecule has 1 N–H and O–H groups in total. The Balaban J connectivity index is 1.37. The first-order valence-corrected chi connectivity index (χ1v) is 18.1. The van der Waals surface area contributed by atoms with Crippen LogP contribution in [-0.4, -0.2) is 41.4 Å². The third kappa shape index (κ3) is 7.80. The van der Waals surface area contributed by atoms with E-state index >= 15 is 0 Å². The molecule has 0 aliphatic heterocycles. The highest BCUT2D eigenvalue weighted by Crippen LogP contribution is 2.67. The van der Waals surface area contributed by atoms with E-state index in [0.717, 1.165) is 32.1 Å². The van der Waals surface area contributed by atoms with Crippen LogP contribution in [0, 0.1) is 58.2 Å². The molecule has 0 radical (unpaired) electrons. The third-order valence-corrected chi connectivity index (χ3v) is 12.7. The second-order valence-corrected chi connectivity index (χ2v) is 17.6. The number of ketones is 2. The number of amides is 1. The van der Waals surface area contributed by atoms with Gasteiger partial charge in [-0.25, -0.2) is 4.79 Å². The van der Waals surface area contributed by atoms with Gasteiger partial charge < -0.3 is 14.8 Å². The smallest absolute Gasteiger partial charge is 0.408 e. The van der Waals surface area contributed by atoms with E-state index in [1.54, 1.807) is 27.7 Å². The minimum atomic E-state index is -0.706. The van der Waals surface area contributed by atoms with Gasteiger partial charge >= 0.3 is 12.1 Å². The lowest BCUT2D eigenvalue weighted by atomic mass is 9.44. The van der Waals surface area contributed by atoms with Crippen molar-refractivity contribution in [2.24, 2.45) is 58.2 Å². The molecular formula is C38H63NO6. The average molecular weight is 630 g/mol. The van der Waals surface area contributed by atoms with Crippen LogP contribution in [0.4, 0.5) is 4.79 Å². The number of nitrogens with one attached hydrogen (secondary N) is 1. The zero-order valence-corrected chi connectivity index (χ0v) is 30.0. The number of Topliss-reactive ketones (excluding diaryl/α,β-unsaturated/α-hetero) is 2. The molecule has 256 valence electrons. The van der Waals surface area contributed by atoms with Crippen molar-refractivity contribution < 1.29 is 28.7 Å². The van der Waals surface area contributed by atoms with Gasteiger partial charge in [-0.15, -0.1) is 0 Å². The fourth-order valence-corrected chi connectivity index (χ4v) is 10.4. The van der Waals surface area contributed by atoms with E-state index in [-0.39, 0.29) is 52.9 Å². The second kappa shape index (κ2) is 13.7. The van der Waals surface area contributed by atoms with Gasteiger partial charge in [0.25, 0.3) is 0 Å². The molecule has 4 rings (SSSR count). The Hall–Kier alpha value is -1.92. The summed E-state index contributed by atoms with van der Waals surface area (Å²) in [4.78, 5) is 52.2. The number of rotatable bonds is 10. The van der Waals surface area contributed by atoms with Crippen molar-refractivity contribution in [1.82, 2.24) is 5.32 Å². The van der Waals surface area contributed by atoms with Crippen LogP contribution in [-0.2, 0) is 23.9 Å². The van der Waals surface area contributed by atoms with Gasteiger partial charge in [-0.1, -0.05) is 41.5 Å². The van der Waals surface area contributed by atoms with E-state index in [1.165, 1.54) is 25.7 Å². The van der Waals surface area contributed by atoms with Gasteiger partial charge in [0.2, 0.25) is 0 Å². The Bertz CT molecular complexity index is 1110. The second-order valence-electron chi connectivity index (χ2n) is 17.6. The van der Waals surface area contributed by atoms with Crippen molar-refractivity contribution in [3.05, 3.63) is 0 Å². The highest BCUT2D eigenvalue weighted by Gasteiger charge is 2.61. The Morgan fingerprint density at radius 3 is 2.11 bits per heavy atom. The van der Waals surface area contributed by atoms with Crippen LogP contribution in [0.5, 0.6) is 0 Å². The molecule has 4 aliphatic carbocycles. The molecule has 0 aromatic heterocycles. The van der Waals surface area contributed by atoms with Crippen LogP contribution in [0.3, 0.4) is 0 Å². The molecule has 7 heteroatoms. The Labute approximate surface area is 273 Å². The molecule has 1 amide bonds. The SMILES string of the molecule is CC(=O)[C@H]1CC[C@H]2[C@@H]3CC[C@H]4CC(OC(=O)C(CC(=O)[C@H](CC(C)C)NC(=O)OC(C)(C)C)C(C)C)CC[C@]4(C)[C@H]3CC[C@]12C. The molecule has 10 atom stereocenters. The standard InChI is InChI=1S/C38H63NO6/c1-22(2)19-32(39-35(43)45-36(6,7)8)33(41)21-28(23(3)4)34(42)44-26-15-17-37(9)25(20-26)11-12-27-30-14-13-29(24(5)40)38(30,10)18-16-31(27)37/h22-23,25-32H,11-21H2,1-10H3,(H,39,43)/t25-,26?,27-,28?,29+,30-,31-,32-,37-,38+/m0/s1. The highest BCUT2D eigenvalue weighted by molar-refractivity contribution is 5.90. The molecule has 0 heterocycles. The summed E-state index contributed by atoms with van der Waals surface area (Å²) >= 11 is 0. The van der Waals surface area contributed by atoms with E-state index in [9.17, 15) is 19.2 Å². The van der Waals surface area contributed by atoms with Crippen molar-refractivity contribution in [2.45, 2.75) is 158 Å². The van der Waals surface area contributed by atoms with E-state index in [1.807, 2.05) is 27.7 Å². The van der Waals surface area contributed by atoms with E-state index in [4.69, 9.17) is 9.47 Å². The predicted octanol–water partition coefficient (Wildman–Crippen LogP) is 8.32. The molecule has 0 spiro atoms. The Kier molecular flexibility index (Phi) is 10.9. The molecular weight excluding hydrogens is 566 g/mol. The van der Waals surface area contributed by atoms with Gasteiger partial charge in [0.15, 0.2) is 5.78 Å². The largest absolute Gasteiger partial charge is 0.462 e. The van der Waals surface area contributed by atoms with Crippen molar-refractivity contribution in [1.29, 1.82) is 0 Å². The van der Waals surface area contributed by atoms with Crippen molar-refractivity contribution in [3.8, 4) is 0 Å². The molecule has 2 unspecified atom stereocenters. The van der Waals surface area contributed by atoms with Gasteiger partial charge in [-0.2, -0.15) is 0 Å². The van der Waals surface area contributed by atoms with Crippen molar-refractivity contribution >= 4 is 23.6 Å². The lowest BCUT2D eigenvalue weighted by molar-refractivity contribution is -0.169. The van der Waals surface area contributed by atoms with Crippen molar-refractivity contribution in [2.75, 3.05) is 0 Å². The summed E-state index contributed by atoms with van der Waals surface area (Å²) in [6.07, 6.45) is 9.67. The zero-order valence-electron chi connectivity index (χ0n) is 30.0. The first-order chi connectivity index (χ1) is 20.9. The molecule has 0 aromatic carbocycles. The number of esters is 1. The summed E-state index contributed by atoms with van der Waals surface area (Å²) in [6.45, 7) is 20.1. The minimum Gasteiger partial charge on any atom is -0.462 e. The van der Waals surface area contributed by atoms with E-state index < -0.39 is 23.7 Å². The fourth-order valence-electron chi connectivity index (χ4n) is 10.4. The average Bonchev–Trinajstić information content (AvgIpc) is 3.27. The normalized spacial score (nSPS) is 35.9. The molecule has 0 bridgehead atoms. The van der Waals surface area contributed by atoms with Gasteiger partial charge in [-0.3, -0.25) is 14.4 Å². The minimum absolute atomic E-state index is 0.0444. The van der Waals surface area contributed by atoms with Gasteiger partial charge in [0.1, 0.15) is 17.5 Å². The van der Waals surface area contributed by atoms with Crippen LogP contribution in [0.25, 0.3) is 0 Å². The molecule has 4 saturated carbocycles. The van der Waals surface area contributed by atoms with Crippen LogP contribution in [0.2, 0.25) is 0 Å². The first kappa shape index (κ1) is 35.9. The number of carbonyl (C=O) groups excluding carboxylic acids is 4. The van der Waals surface area contributed by atoms with Gasteiger partial charge in [-0.05, 0) is 138 Å². The lowest BCUT2D eigenvalue weighted by Crippen LogP contribution is -2.54. The maximum atomic E-state index is 13.6. The van der Waals surface area contributed by atoms with Crippen LogP contribution >= 0.6 is 0 Å². The Morgan fingerprint density at radius 2 is 1.51 bits per heavy atom. The number of alkyl carbamates (subject to hydrolysis) is 1. The maximum Gasteiger partial charge on any atom is 0.408 e. The number of hydrogen-bond acceptors (Lipinski definition) is 6. The van der Waals surface area contributed by atoms with Crippen molar-refractivity contribution in [3.63, 3.8) is 0 Å². The van der Waals surface area contributed by atoms with Crippen LogP contribution < -0.4 is 5.32 Å². The quantitative estimate of drug-likeness (QED) is 0.244. The summed E-state index contributed by atoms with van der Waals surface area (Å²) in [5, 5.41) is 2.77. The van der Waals surface area contributed by atoms with Gasteiger partial charge in [0, 0.05) is 12.3 Å². The summed E-state index contributed by atoms with van der Waals surface area (Å²) in [6, 6.07) is -0.706. The molecule has 45 heavy (non-hydrogen) atoms. The summed E-state index contributed by atoms with van der Waals surface area (Å²) < 4.78 is 11.7. The zero-order chi connectivity index (χ0) is 33.5. The predicted molar refractivity (Wildman–Crippen MR) is 176 cm³/mol. The lowest BCUT2D eigenvalue weighted by Gasteiger charge is -2.61. The highest BCUT2D eigenvalue weighted by atomic mass is 16.6. The number of ether oxygens (including phenoxy) is 2. The molecule has 4 aliphatic rings. The van der Waals surface area contributed by atoms with E-state index in [2.05, 4.69) is 19.2 Å². The molecule has 7 nitrogen and oxygen atoms in total. The van der Waals surface area contributed by atoms with Crippen LogP contribution in [0.1, 0.15) is 140 Å². The number of fused-ring (bicyclic) bond motifs is 5. The van der Waals surface area contributed by atoms with Gasteiger partial charge in [0.05, 0.1) is 12.0 Å². The fraction of sp³-hybridized carbons (Fsp3) is 0.895. The summed E-state index contributed by atoms with van der Waals surface area (Å²) in [7, 11) is 0. The summed E-state index contributed by atoms with van der Waals surface area (Å²) in [5.41, 5.74) is -0.239. The van der Waals surface area contributed by atoms with E-state index in [0.29, 0.717) is 35.9 Å². The number of carbonyl (C=O) groups is 4.